The molecule has 8 nitrogen and oxygen atoms in total. The van der Waals surface area contributed by atoms with Crippen molar-refractivity contribution in [1.29, 1.82) is 5.26 Å². The number of hydrogen-bond donors (Lipinski definition) is 2. The number of fused-ring (bicyclic) bond motifs is 1. The molecule has 0 atom stereocenters. The fraction of sp³-hybridized carbons (Fsp3) is 0.227. The highest BCUT2D eigenvalue weighted by molar-refractivity contribution is 6.11. The Bertz CT molecular complexity index is 1320. The molecule has 150 valence electrons. The Kier molecular flexibility index (Phi) is 4.59. The smallest absolute Gasteiger partial charge is 0.200 e. The highest BCUT2D eigenvalue weighted by Gasteiger charge is 2.21. The van der Waals surface area contributed by atoms with E-state index in [1.54, 1.807) is 50.2 Å². The third kappa shape index (κ3) is 3.31. The Labute approximate surface area is 173 Å². The molecular formula is C22H21N7O. The first kappa shape index (κ1) is 19.3. The maximum Gasteiger partial charge on any atom is 0.200 e. The standard InChI is InChI=1S/C22H21N7O/c1-13-7-8-24-10-16(13)17-5-6-18-20(27-17)19(21(30)28-18)14(2)26-15-9-25-29(11-15)22(3,4)12-23/h5-11,28,30H,1-4H3. The summed E-state index contributed by atoms with van der Waals surface area (Å²) in [5, 5.41) is 24.0. The summed E-state index contributed by atoms with van der Waals surface area (Å²) in [6.45, 7) is 7.36. The summed E-state index contributed by atoms with van der Waals surface area (Å²) in [7, 11) is 0. The van der Waals surface area contributed by atoms with Crippen LogP contribution < -0.4 is 0 Å². The molecule has 4 heterocycles. The van der Waals surface area contributed by atoms with Gasteiger partial charge in [0.05, 0.1) is 40.9 Å². The number of rotatable bonds is 4. The number of nitriles is 1. The van der Waals surface area contributed by atoms with Crippen LogP contribution in [0.15, 0.2) is 48.0 Å². The third-order valence-electron chi connectivity index (χ3n) is 5.01. The van der Waals surface area contributed by atoms with Crippen LogP contribution in [0.5, 0.6) is 5.88 Å². The predicted octanol–water partition coefficient (Wildman–Crippen LogP) is 4.23. The first-order valence-electron chi connectivity index (χ1n) is 9.45. The van der Waals surface area contributed by atoms with Crippen LogP contribution >= 0.6 is 0 Å². The van der Waals surface area contributed by atoms with Crippen molar-refractivity contribution in [2.45, 2.75) is 33.2 Å². The minimum Gasteiger partial charge on any atom is -0.494 e. The monoisotopic (exact) mass is 399 g/mol. The average Bonchev–Trinajstić information content (AvgIpc) is 3.31. The first-order valence-corrected chi connectivity index (χ1v) is 9.45. The zero-order valence-electron chi connectivity index (χ0n) is 17.2. The zero-order chi connectivity index (χ0) is 21.5. The molecule has 0 amide bonds. The van der Waals surface area contributed by atoms with E-state index in [0.717, 1.165) is 16.8 Å². The van der Waals surface area contributed by atoms with Crippen molar-refractivity contribution in [2.24, 2.45) is 4.99 Å². The largest absolute Gasteiger partial charge is 0.494 e. The van der Waals surface area contributed by atoms with E-state index in [-0.39, 0.29) is 5.88 Å². The Morgan fingerprint density at radius 3 is 2.80 bits per heavy atom. The van der Waals surface area contributed by atoms with E-state index in [1.165, 1.54) is 0 Å². The van der Waals surface area contributed by atoms with Gasteiger partial charge in [-0.25, -0.2) is 9.98 Å². The lowest BCUT2D eigenvalue weighted by molar-refractivity contribution is 0.418. The number of nitrogens with zero attached hydrogens (tertiary/aromatic N) is 6. The van der Waals surface area contributed by atoms with E-state index in [2.05, 4.69) is 26.1 Å². The number of aromatic amines is 1. The molecule has 0 bridgehead atoms. The number of pyridine rings is 2. The van der Waals surface area contributed by atoms with Crippen LogP contribution in [-0.4, -0.2) is 35.6 Å². The van der Waals surface area contributed by atoms with Crippen LogP contribution in [-0.2, 0) is 5.54 Å². The van der Waals surface area contributed by atoms with Crippen LogP contribution in [0.4, 0.5) is 5.69 Å². The Morgan fingerprint density at radius 2 is 2.07 bits per heavy atom. The van der Waals surface area contributed by atoms with Gasteiger partial charge in [0, 0.05) is 18.0 Å². The first-order chi connectivity index (χ1) is 14.3. The van der Waals surface area contributed by atoms with Crippen LogP contribution in [0.3, 0.4) is 0 Å². The van der Waals surface area contributed by atoms with Crippen molar-refractivity contribution in [3.8, 4) is 23.2 Å². The van der Waals surface area contributed by atoms with Gasteiger partial charge in [-0.3, -0.25) is 9.67 Å². The molecule has 0 saturated carbocycles. The number of aryl methyl sites for hydroxylation is 1. The molecule has 4 aromatic rings. The lowest BCUT2D eigenvalue weighted by Gasteiger charge is -2.14. The molecule has 0 aliphatic heterocycles. The van der Waals surface area contributed by atoms with Gasteiger partial charge in [-0.1, -0.05) is 0 Å². The second-order valence-corrected chi connectivity index (χ2v) is 7.64. The fourth-order valence-corrected chi connectivity index (χ4v) is 3.26. The second kappa shape index (κ2) is 7.12. The van der Waals surface area contributed by atoms with Gasteiger partial charge in [0.15, 0.2) is 5.88 Å². The summed E-state index contributed by atoms with van der Waals surface area (Å²) >= 11 is 0. The predicted molar refractivity (Wildman–Crippen MR) is 115 cm³/mol. The number of hydrogen-bond acceptors (Lipinski definition) is 6. The van der Waals surface area contributed by atoms with Crippen molar-refractivity contribution in [2.75, 3.05) is 0 Å². The second-order valence-electron chi connectivity index (χ2n) is 7.64. The van der Waals surface area contributed by atoms with Gasteiger partial charge in [0.2, 0.25) is 0 Å². The molecule has 4 rings (SSSR count). The van der Waals surface area contributed by atoms with Crippen molar-refractivity contribution in [3.05, 3.63) is 54.1 Å². The Morgan fingerprint density at radius 1 is 1.27 bits per heavy atom. The molecule has 0 unspecified atom stereocenters. The van der Waals surface area contributed by atoms with Gasteiger partial charge in [0.25, 0.3) is 0 Å². The van der Waals surface area contributed by atoms with E-state index in [4.69, 9.17) is 4.98 Å². The molecule has 8 heteroatoms. The maximum atomic E-state index is 10.5. The molecule has 0 aromatic carbocycles. The van der Waals surface area contributed by atoms with Crippen molar-refractivity contribution < 1.29 is 5.11 Å². The molecule has 0 spiro atoms. The Balaban J connectivity index is 1.79. The molecule has 0 saturated heterocycles. The van der Waals surface area contributed by atoms with Gasteiger partial charge < -0.3 is 10.1 Å². The quantitative estimate of drug-likeness (QED) is 0.498. The maximum absolute atomic E-state index is 10.5. The number of aliphatic imine (C=N–C) groups is 1. The van der Waals surface area contributed by atoms with E-state index in [9.17, 15) is 10.4 Å². The molecule has 0 radical (unpaired) electrons. The van der Waals surface area contributed by atoms with Gasteiger partial charge >= 0.3 is 0 Å². The summed E-state index contributed by atoms with van der Waals surface area (Å²) < 4.78 is 1.57. The molecule has 4 aromatic heterocycles. The fourth-order valence-electron chi connectivity index (χ4n) is 3.26. The summed E-state index contributed by atoms with van der Waals surface area (Å²) in [6.07, 6.45) is 6.82. The summed E-state index contributed by atoms with van der Waals surface area (Å²) in [6, 6.07) is 7.92. The SMILES string of the molecule is CC(=Nc1cnn(C(C)(C)C#N)c1)c1c(O)[nH]c2ccc(-c3cnccc3C)nc12. The third-order valence-corrected chi connectivity index (χ3v) is 5.01. The zero-order valence-corrected chi connectivity index (χ0v) is 17.2. The highest BCUT2D eigenvalue weighted by atomic mass is 16.3. The van der Waals surface area contributed by atoms with E-state index in [1.807, 2.05) is 25.1 Å². The van der Waals surface area contributed by atoms with E-state index >= 15 is 0 Å². The summed E-state index contributed by atoms with van der Waals surface area (Å²) in [4.78, 5) is 16.5. The van der Waals surface area contributed by atoms with Crippen molar-refractivity contribution in [3.63, 3.8) is 0 Å². The lowest BCUT2D eigenvalue weighted by atomic mass is 10.1. The number of H-pyrrole nitrogens is 1. The van der Waals surface area contributed by atoms with Crippen molar-refractivity contribution in [1.82, 2.24) is 24.7 Å². The van der Waals surface area contributed by atoms with E-state index < -0.39 is 5.54 Å². The van der Waals surface area contributed by atoms with Crippen LogP contribution in [0, 0.1) is 18.3 Å². The van der Waals surface area contributed by atoms with Crippen LogP contribution in [0.2, 0.25) is 0 Å². The lowest BCUT2D eigenvalue weighted by Crippen LogP contribution is -2.24. The molecular weight excluding hydrogens is 378 g/mol. The minimum absolute atomic E-state index is 0.00329. The number of nitrogens with one attached hydrogen (secondary N) is 1. The minimum atomic E-state index is -0.775. The average molecular weight is 399 g/mol. The normalized spacial score (nSPS) is 12.3. The molecule has 0 fully saturated rings. The number of aromatic nitrogens is 5. The van der Waals surface area contributed by atoms with Gasteiger partial charge in [0.1, 0.15) is 16.7 Å². The molecule has 0 aliphatic rings. The topological polar surface area (TPSA) is 116 Å². The summed E-state index contributed by atoms with van der Waals surface area (Å²) in [5.41, 5.74) is 5.03. The van der Waals surface area contributed by atoms with Crippen LogP contribution in [0.25, 0.3) is 22.3 Å². The molecule has 30 heavy (non-hydrogen) atoms. The Hall–Kier alpha value is -3.99. The van der Waals surface area contributed by atoms with Gasteiger partial charge in [-0.2, -0.15) is 10.4 Å². The molecule has 2 N–H and O–H groups in total. The highest BCUT2D eigenvalue weighted by Crippen LogP contribution is 2.31. The van der Waals surface area contributed by atoms with E-state index in [0.29, 0.717) is 28.0 Å². The molecule has 0 aliphatic carbocycles. The van der Waals surface area contributed by atoms with Gasteiger partial charge in [-0.15, -0.1) is 0 Å². The van der Waals surface area contributed by atoms with Crippen LogP contribution in [0.1, 0.15) is 31.9 Å². The van der Waals surface area contributed by atoms with Crippen molar-refractivity contribution >= 4 is 22.4 Å². The summed E-state index contributed by atoms with van der Waals surface area (Å²) in [5.74, 6) is 0.00329. The number of aromatic hydroxyl groups is 1. The van der Waals surface area contributed by atoms with Gasteiger partial charge in [-0.05, 0) is 51.5 Å².